The number of hydrogen-bond donors (Lipinski definition) is 0. The second-order valence-corrected chi connectivity index (χ2v) is 3.72. The third-order valence-electron chi connectivity index (χ3n) is 2.46. The van der Waals surface area contributed by atoms with Crippen molar-refractivity contribution < 1.29 is 13.2 Å². The first-order valence-electron chi connectivity index (χ1n) is 4.68. The molecular formula is C12H8ClF3. The van der Waals surface area contributed by atoms with E-state index < -0.39 is 11.7 Å². The first-order valence-corrected chi connectivity index (χ1v) is 5.21. The lowest BCUT2D eigenvalue weighted by Gasteiger charge is -2.12. The van der Waals surface area contributed by atoms with Gasteiger partial charge in [-0.25, -0.2) is 0 Å². The molecule has 4 heteroatoms. The summed E-state index contributed by atoms with van der Waals surface area (Å²) in [5, 5.41) is 0.764. The van der Waals surface area contributed by atoms with E-state index in [1.807, 2.05) is 0 Å². The van der Waals surface area contributed by atoms with Crippen LogP contribution in [-0.4, -0.2) is 0 Å². The highest BCUT2D eigenvalue weighted by Crippen LogP contribution is 2.36. The van der Waals surface area contributed by atoms with Crippen LogP contribution in [0.15, 0.2) is 36.4 Å². The third kappa shape index (κ3) is 1.87. The van der Waals surface area contributed by atoms with Crippen molar-refractivity contribution in [2.45, 2.75) is 12.1 Å². The molecule has 0 heterocycles. The zero-order valence-electron chi connectivity index (χ0n) is 8.18. The Morgan fingerprint density at radius 3 is 2.12 bits per heavy atom. The summed E-state index contributed by atoms with van der Waals surface area (Å²) in [6.45, 7) is 0. The van der Waals surface area contributed by atoms with E-state index in [9.17, 15) is 13.2 Å². The third-order valence-corrected chi connectivity index (χ3v) is 2.75. The largest absolute Gasteiger partial charge is 0.417 e. The summed E-state index contributed by atoms with van der Waals surface area (Å²) in [6.07, 6.45) is -4.33. The summed E-state index contributed by atoms with van der Waals surface area (Å²) in [4.78, 5) is 0. The van der Waals surface area contributed by atoms with Gasteiger partial charge in [0.2, 0.25) is 0 Å². The predicted octanol–water partition coefficient (Wildman–Crippen LogP) is 4.60. The van der Waals surface area contributed by atoms with Crippen molar-refractivity contribution in [2.75, 3.05) is 0 Å². The molecule has 0 amide bonds. The topological polar surface area (TPSA) is 0 Å². The van der Waals surface area contributed by atoms with E-state index in [0.29, 0.717) is 10.9 Å². The van der Waals surface area contributed by atoms with Gasteiger partial charge in [0.25, 0.3) is 0 Å². The van der Waals surface area contributed by atoms with Gasteiger partial charge in [-0.3, -0.25) is 0 Å². The van der Waals surface area contributed by atoms with Gasteiger partial charge in [-0.1, -0.05) is 30.3 Å². The van der Waals surface area contributed by atoms with Crippen molar-refractivity contribution in [3.8, 4) is 0 Å². The van der Waals surface area contributed by atoms with Gasteiger partial charge < -0.3 is 0 Å². The molecule has 0 aromatic heterocycles. The fourth-order valence-corrected chi connectivity index (χ4v) is 1.96. The molecule has 0 bridgehead atoms. The number of hydrogen-bond acceptors (Lipinski definition) is 0. The Kier molecular flexibility index (Phi) is 2.80. The van der Waals surface area contributed by atoms with Gasteiger partial charge in [-0.2, -0.15) is 13.2 Å². The summed E-state index contributed by atoms with van der Waals surface area (Å²) in [6, 6.07) is 8.93. The van der Waals surface area contributed by atoms with Gasteiger partial charge in [0.05, 0.1) is 5.56 Å². The van der Waals surface area contributed by atoms with Gasteiger partial charge in [-0.15, -0.1) is 11.6 Å². The first kappa shape index (κ1) is 11.3. The molecule has 16 heavy (non-hydrogen) atoms. The maximum Gasteiger partial charge on any atom is 0.417 e. The van der Waals surface area contributed by atoms with Crippen LogP contribution in [0.1, 0.15) is 11.1 Å². The average Bonchev–Trinajstić information content (AvgIpc) is 2.26. The van der Waals surface area contributed by atoms with Crippen LogP contribution in [0.4, 0.5) is 13.2 Å². The molecule has 0 unspecified atom stereocenters. The maximum absolute atomic E-state index is 12.7. The zero-order chi connectivity index (χ0) is 11.8. The minimum Gasteiger partial charge on any atom is -0.166 e. The van der Waals surface area contributed by atoms with Crippen molar-refractivity contribution in [2.24, 2.45) is 0 Å². The Morgan fingerprint density at radius 2 is 1.56 bits per heavy atom. The molecule has 0 aliphatic carbocycles. The van der Waals surface area contributed by atoms with Crippen molar-refractivity contribution in [1.29, 1.82) is 0 Å². The van der Waals surface area contributed by atoms with Crippen LogP contribution in [0, 0.1) is 0 Å². The molecule has 0 fully saturated rings. The lowest BCUT2D eigenvalue weighted by molar-refractivity contribution is -0.136. The number of halogens is 4. The Hall–Kier alpha value is -1.22. The standard InChI is InChI=1S/C12H8ClF3/c13-7-8-5-6-11(12(14,15)16)10-4-2-1-3-9(8)10/h1-6H,7H2. The zero-order valence-corrected chi connectivity index (χ0v) is 8.94. The summed E-state index contributed by atoms with van der Waals surface area (Å²) in [5.41, 5.74) is 0.0993. The molecule has 84 valence electrons. The van der Waals surface area contributed by atoms with Gasteiger partial charge in [-0.05, 0) is 22.4 Å². The highest BCUT2D eigenvalue weighted by molar-refractivity contribution is 6.18. The smallest absolute Gasteiger partial charge is 0.166 e. The molecule has 0 nitrogen and oxygen atoms in total. The Bertz CT molecular complexity index is 517. The molecule has 0 N–H and O–H groups in total. The lowest BCUT2D eigenvalue weighted by atomic mass is 10.00. The molecule has 0 aliphatic rings. The summed E-state index contributed by atoms with van der Waals surface area (Å²) >= 11 is 5.69. The summed E-state index contributed by atoms with van der Waals surface area (Å²) < 4.78 is 38.2. The van der Waals surface area contributed by atoms with E-state index in [1.165, 1.54) is 12.1 Å². The molecule has 2 aromatic carbocycles. The predicted molar refractivity (Wildman–Crippen MR) is 58.5 cm³/mol. The normalized spacial score (nSPS) is 12.0. The minimum absolute atomic E-state index is 0.202. The van der Waals surface area contributed by atoms with Crippen molar-refractivity contribution in [1.82, 2.24) is 0 Å². The minimum atomic E-state index is -4.33. The van der Waals surface area contributed by atoms with Gasteiger partial charge >= 0.3 is 6.18 Å². The highest BCUT2D eigenvalue weighted by Gasteiger charge is 2.32. The summed E-state index contributed by atoms with van der Waals surface area (Å²) in [5.74, 6) is 0.207. The molecule has 2 aromatic rings. The molecule has 0 aliphatic heterocycles. The van der Waals surface area contributed by atoms with E-state index in [-0.39, 0.29) is 11.3 Å². The summed E-state index contributed by atoms with van der Waals surface area (Å²) in [7, 11) is 0. The number of alkyl halides is 4. The average molecular weight is 245 g/mol. The maximum atomic E-state index is 12.7. The van der Waals surface area contributed by atoms with Crippen LogP contribution in [0.2, 0.25) is 0 Å². The quantitative estimate of drug-likeness (QED) is 0.643. The Morgan fingerprint density at radius 1 is 0.938 bits per heavy atom. The fraction of sp³-hybridized carbons (Fsp3) is 0.167. The van der Waals surface area contributed by atoms with Crippen LogP contribution in [0.3, 0.4) is 0 Å². The van der Waals surface area contributed by atoms with Crippen LogP contribution in [0.5, 0.6) is 0 Å². The Labute approximate surface area is 95.6 Å². The monoisotopic (exact) mass is 244 g/mol. The number of benzene rings is 2. The Balaban J connectivity index is 2.80. The molecule has 0 saturated heterocycles. The SMILES string of the molecule is FC(F)(F)c1ccc(CCl)c2ccccc12. The second-order valence-electron chi connectivity index (χ2n) is 3.45. The molecule has 0 radical (unpaired) electrons. The molecule has 0 atom stereocenters. The molecule has 0 spiro atoms. The van der Waals surface area contributed by atoms with Gasteiger partial charge in [0, 0.05) is 5.88 Å². The second kappa shape index (κ2) is 3.98. The number of fused-ring (bicyclic) bond motifs is 1. The lowest BCUT2D eigenvalue weighted by Crippen LogP contribution is -2.06. The van der Waals surface area contributed by atoms with Crippen LogP contribution < -0.4 is 0 Å². The van der Waals surface area contributed by atoms with Crippen molar-refractivity contribution >= 4 is 22.4 Å². The van der Waals surface area contributed by atoms with Crippen LogP contribution in [0.25, 0.3) is 10.8 Å². The van der Waals surface area contributed by atoms with E-state index in [4.69, 9.17) is 11.6 Å². The molecule has 0 saturated carbocycles. The van der Waals surface area contributed by atoms with Crippen molar-refractivity contribution in [3.05, 3.63) is 47.5 Å². The van der Waals surface area contributed by atoms with E-state index in [1.54, 1.807) is 18.2 Å². The first-order chi connectivity index (χ1) is 7.54. The van der Waals surface area contributed by atoms with Crippen LogP contribution in [-0.2, 0) is 12.1 Å². The molecular weight excluding hydrogens is 237 g/mol. The van der Waals surface area contributed by atoms with E-state index in [2.05, 4.69) is 0 Å². The fourth-order valence-electron chi connectivity index (χ4n) is 1.73. The van der Waals surface area contributed by atoms with Gasteiger partial charge in [0.1, 0.15) is 0 Å². The van der Waals surface area contributed by atoms with Crippen LogP contribution >= 0.6 is 11.6 Å². The van der Waals surface area contributed by atoms with Crippen molar-refractivity contribution in [3.63, 3.8) is 0 Å². The highest BCUT2D eigenvalue weighted by atomic mass is 35.5. The van der Waals surface area contributed by atoms with Gasteiger partial charge in [0.15, 0.2) is 0 Å². The molecule has 2 rings (SSSR count). The number of rotatable bonds is 1. The van der Waals surface area contributed by atoms with E-state index in [0.717, 1.165) is 6.07 Å². The van der Waals surface area contributed by atoms with E-state index >= 15 is 0 Å².